The third kappa shape index (κ3) is 6.00. The van der Waals surface area contributed by atoms with E-state index in [0.29, 0.717) is 5.92 Å². The number of allylic oxidation sites excluding steroid dienone is 1. The van der Waals surface area contributed by atoms with Crippen molar-refractivity contribution >= 4 is 17.4 Å². The van der Waals surface area contributed by atoms with E-state index < -0.39 is 17.4 Å². The van der Waals surface area contributed by atoms with Crippen molar-refractivity contribution in [2.45, 2.75) is 110 Å². The number of benzene rings is 1. The second-order valence-corrected chi connectivity index (χ2v) is 18.3. The van der Waals surface area contributed by atoms with Crippen LogP contribution < -0.4 is 8.85 Å². The summed E-state index contributed by atoms with van der Waals surface area (Å²) in [5, 5.41) is 0.169. The fourth-order valence-electron chi connectivity index (χ4n) is 3.77. The molecule has 163 valence electrons. The standard InChI is InChI=1S/C25H43O2Si2/c1-18-12-14-19(15-13-18)23-21(24(2,3)4)16-20(17-22(23)26-28(8)9)27-29(10,11)25(5,6)7/h16-17,19H,1,12-15H2,2-11H3. The summed E-state index contributed by atoms with van der Waals surface area (Å²) in [5.74, 6) is 2.61. The molecule has 0 bridgehead atoms. The van der Waals surface area contributed by atoms with Crippen LogP contribution in [0.3, 0.4) is 0 Å². The monoisotopic (exact) mass is 431 g/mol. The van der Waals surface area contributed by atoms with Crippen LogP contribution in [0.4, 0.5) is 0 Å². The largest absolute Gasteiger partial charge is 0.543 e. The smallest absolute Gasteiger partial charge is 0.274 e. The van der Waals surface area contributed by atoms with Crippen LogP contribution in [0, 0.1) is 0 Å². The molecule has 1 aliphatic carbocycles. The number of rotatable bonds is 5. The van der Waals surface area contributed by atoms with Gasteiger partial charge in [-0.1, -0.05) is 53.7 Å². The van der Waals surface area contributed by atoms with Crippen molar-refractivity contribution in [1.29, 1.82) is 0 Å². The van der Waals surface area contributed by atoms with Gasteiger partial charge in [-0.2, -0.15) is 0 Å². The molecule has 0 unspecified atom stereocenters. The summed E-state index contributed by atoms with van der Waals surface area (Å²) in [6, 6.07) is 4.52. The normalized spacial score (nSPS) is 17.0. The lowest BCUT2D eigenvalue weighted by molar-refractivity contribution is 0.459. The van der Waals surface area contributed by atoms with Crippen LogP contribution in [-0.2, 0) is 5.41 Å². The molecule has 1 aliphatic rings. The molecule has 2 nitrogen and oxygen atoms in total. The van der Waals surface area contributed by atoms with E-state index >= 15 is 0 Å². The summed E-state index contributed by atoms with van der Waals surface area (Å²) >= 11 is 0. The summed E-state index contributed by atoms with van der Waals surface area (Å²) in [5.41, 5.74) is 4.27. The Labute approximate surface area is 183 Å². The first-order valence-corrected chi connectivity index (χ1v) is 16.5. The van der Waals surface area contributed by atoms with Gasteiger partial charge in [0.1, 0.15) is 11.5 Å². The maximum atomic E-state index is 6.74. The first kappa shape index (κ1) is 24.3. The van der Waals surface area contributed by atoms with Gasteiger partial charge in [0.05, 0.1) is 0 Å². The Kier molecular flexibility index (Phi) is 7.21. The van der Waals surface area contributed by atoms with E-state index in [9.17, 15) is 0 Å². The molecule has 1 fully saturated rings. The average Bonchev–Trinajstić information content (AvgIpc) is 2.52. The quantitative estimate of drug-likeness (QED) is 0.345. The molecule has 0 atom stereocenters. The predicted octanol–water partition coefficient (Wildman–Crippen LogP) is 8.21. The van der Waals surface area contributed by atoms with E-state index in [0.717, 1.165) is 24.3 Å². The molecule has 0 spiro atoms. The first-order valence-electron chi connectivity index (χ1n) is 11.1. The predicted molar refractivity (Wildman–Crippen MR) is 131 cm³/mol. The van der Waals surface area contributed by atoms with Gasteiger partial charge >= 0.3 is 0 Å². The van der Waals surface area contributed by atoms with E-state index in [1.165, 1.54) is 29.5 Å². The van der Waals surface area contributed by atoms with Crippen LogP contribution in [0.2, 0.25) is 31.2 Å². The fourth-order valence-corrected chi connectivity index (χ4v) is 5.39. The minimum absolute atomic E-state index is 0.0447. The molecule has 0 saturated heterocycles. The van der Waals surface area contributed by atoms with Gasteiger partial charge < -0.3 is 8.85 Å². The maximum Gasteiger partial charge on any atom is 0.274 e. The molecule has 0 aliphatic heterocycles. The molecule has 2 rings (SSSR count). The van der Waals surface area contributed by atoms with Crippen LogP contribution in [0.5, 0.6) is 11.5 Å². The Bertz CT molecular complexity index is 726. The fraction of sp³-hybridized carbons (Fsp3) is 0.680. The zero-order chi connectivity index (χ0) is 22.2. The molecule has 0 N–H and O–H groups in total. The van der Waals surface area contributed by atoms with E-state index in [4.69, 9.17) is 8.85 Å². The summed E-state index contributed by atoms with van der Waals surface area (Å²) in [6.45, 7) is 27.1. The lowest BCUT2D eigenvalue weighted by Gasteiger charge is -2.38. The minimum atomic E-state index is -1.92. The van der Waals surface area contributed by atoms with Gasteiger partial charge in [-0.05, 0) is 85.4 Å². The second kappa shape index (κ2) is 8.62. The Morgan fingerprint density at radius 2 is 1.55 bits per heavy atom. The lowest BCUT2D eigenvalue weighted by atomic mass is 9.74. The van der Waals surface area contributed by atoms with Crippen LogP contribution in [0.15, 0.2) is 24.3 Å². The van der Waals surface area contributed by atoms with Crippen LogP contribution in [-0.4, -0.2) is 17.4 Å². The third-order valence-electron chi connectivity index (χ3n) is 6.52. The summed E-state index contributed by atoms with van der Waals surface area (Å²) in [4.78, 5) is 0. The lowest BCUT2D eigenvalue weighted by Crippen LogP contribution is -2.44. The van der Waals surface area contributed by atoms with Gasteiger partial charge in [-0.3, -0.25) is 0 Å². The Hall–Kier alpha value is -1.01. The van der Waals surface area contributed by atoms with Crippen molar-refractivity contribution in [3.05, 3.63) is 35.4 Å². The summed E-state index contributed by atoms with van der Waals surface area (Å²) < 4.78 is 13.3. The van der Waals surface area contributed by atoms with Gasteiger partial charge in [0.15, 0.2) is 0 Å². The summed E-state index contributed by atoms with van der Waals surface area (Å²) in [6.07, 6.45) is 4.62. The van der Waals surface area contributed by atoms with Gasteiger partial charge in [-0.25, -0.2) is 0 Å². The van der Waals surface area contributed by atoms with E-state index in [2.05, 4.69) is 86.4 Å². The first-order chi connectivity index (χ1) is 13.1. The van der Waals surface area contributed by atoms with Gasteiger partial charge in [-0.15, -0.1) is 0 Å². The summed E-state index contributed by atoms with van der Waals surface area (Å²) in [7, 11) is -2.78. The van der Waals surface area contributed by atoms with Crippen molar-refractivity contribution in [2.75, 3.05) is 0 Å². The Morgan fingerprint density at radius 1 is 1.00 bits per heavy atom. The topological polar surface area (TPSA) is 18.5 Å². The van der Waals surface area contributed by atoms with Gasteiger partial charge in [0.25, 0.3) is 9.04 Å². The van der Waals surface area contributed by atoms with Crippen molar-refractivity contribution in [1.82, 2.24) is 0 Å². The van der Waals surface area contributed by atoms with Crippen molar-refractivity contribution in [3.8, 4) is 11.5 Å². The molecule has 0 amide bonds. The molecule has 29 heavy (non-hydrogen) atoms. The molecule has 0 aromatic heterocycles. The zero-order valence-electron chi connectivity index (χ0n) is 20.6. The Balaban J connectivity index is 2.61. The molecule has 1 aromatic rings. The molecule has 1 aromatic carbocycles. The molecule has 4 heteroatoms. The van der Waals surface area contributed by atoms with E-state index in [1.807, 2.05) is 0 Å². The van der Waals surface area contributed by atoms with Crippen molar-refractivity contribution < 1.29 is 8.85 Å². The Morgan fingerprint density at radius 3 is 2.00 bits per heavy atom. The molecule has 0 heterocycles. The highest BCUT2D eigenvalue weighted by atomic mass is 28.4. The SMILES string of the molecule is C=C1CCC(c2c(O[Si](C)C)cc(O[Si](C)(C)C(C)(C)C)cc2C(C)(C)C)CC1. The second-order valence-electron chi connectivity index (χ2n) is 11.5. The van der Waals surface area contributed by atoms with E-state index in [-0.39, 0.29) is 10.5 Å². The number of hydrogen-bond acceptors (Lipinski definition) is 2. The van der Waals surface area contributed by atoms with Crippen molar-refractivity contribution in [2.24, 2.45) is 0 Å². The highest BCUT2D eigenvalue weighted by Crippen LogP contribution is 2.47. The minimum Gasteiger partial charge on any atom is -0.543 e. The highest BCUT2D eigenvalue weighted by molar-refractivity contribution is 6.74. The van der Waals surface area contributed by atoms with Crippen LogP contribution >= 0.6 is 0 Å². The molecular weight excluding hydrogens is 388 g/mol. The number of hydrogen-bond donors (Lipinski definition) is 0. The molecule has 1 radical (unpaired) electrons. The van der Waals surface area contributed by atoms with Crippen molar-refractivity contribution in [3.63, 3.8) is 0 Å². The maximum absolute atomic E-state index is 6.74. The van der Waals surface area contributed by atoms with Crippen LogP contribution in [0.25, 0.3) is 0 Å². The molecular formula is C25H43O2Si2. The van der Waals surface area contributed by atoms with E-state index in [1.54, 1.807) is 0 Å². The average molecular weight is 432 g/mol. The van der Waals surface area contributed by atoms with Gasteiger partial charge in [0, 0.05) is 6.07 Å². The highest BCUT2D eigenvalue weighted by Gasteiger charge is 2.39. The third-order valence-corrected chi connectivity index (χ3v) is 11.5. The zero-order valence-corrected chi connectivity index (χ0v) is 22.6. The van der Waals surface area contributed by atoms with Gasteiger partial charge in [0.2, 0.25) is 8.32 Å². The molecule has 1 saturated carbocycles. The van der Waals surface area contributed by atoms with Crippen LogP contribution in [0.1, 0.15) is 84.3 Å².